The van der Waals surface area contributed by atoms with E-state index in [0.717, 1.165) is 30.6 Å². The SMILES string of the molecule is C/C=C1\CCC2C3CC=C4CC(OC(C)=O)CCC4(C)C3CCC12C. The van der Waals surface area contributed by atoms with Gasteiger partial charge in [0.05, 0.1) is 0 Å². The lowest BCUT2D eigenvalue weighted by Gasteiger charge is -2.57. The van der Waals surface area contributed by atoms with E-state index in [2.05, 4.69) is 32.9 Å². The van der Waals surface area contributed by atoms with Crippen LogP contribution in [0.25, 0.3) is 0 Å². The van der Waals surface area contributed by atoms with Crippen LogP contribution < -0.4 is 0 Å². The van der Waals surface area contributed by atoms with Gasteiger partial charge in [-0.25, -0.2) is 0 Å². The van der Waals surface area contributed by atoms with Crippen molar-refractivity contribution in [2.75, 3.05) is 0 Å². The zero-order valence-electron chi connectivity index (χ0n) is 16.4. The predicted molar refractivity (Wildman–Crippen MR) is 101 cm³/mol. The molecule has 25 heavy (non-hydrogen) atoms. The van der Waals surface area contributed by atoms with Crippen LogP contribution in [-0.4, -0.2) is 12.1 Å². The summed E-state index contributed by atoms with van der Waals surface area (Å²) in [6, 6.07) is 0. The van der Waals surface area contributed by atoms with Gasteiger partial charge in [0.2, 0.25) is 0 Å². The molecule has 2 nitrogen and oxygen atoms in total. The molecule has 0 aromatic heterocycles. The molecular weight excluding hydrogens is 308 g/mol. The number of hydrogen-bond acceptors (Lipinski definition) is 2. The quantitative estimate of drug-likeness (QED) is 0.443. The van der Waals surface area contributed by atoms with Gasteiger partial charge in [-0.2, -0.15) is 0 Å². The molecular formula is C23H34O2. The first kappa shape index (κ1) is 17.4. The minimum atomic E-state index is -0.124. The number of hydrogen-bond donors (Lipinski definition) is 0. The van der Waals surface area contributed by atoms with Gasteiger partial charge in [0, 0.05) is 13.3 Å². The average molecular weight is 343 g/mol. The topological polar surface area (TPSA) is 26.3 Å². The first-order valence-electron chi connectivity index (χ1n) is 10.4. The Morgan fingerprint density at radius 3 is 2.60 bits per heavy atom. The van der Waals surface area contributed by atoms with Crippen LogP contribution in [0.1, 0.15) is 79.1 Å². The molecule has 138 valence electrons. The number of fused-ring (bicyclic) bond motifs is 5. The lowest BCUT2D eigenvalue weighted by molar-refractivity contribution is -0.148. The Balaban J connectivity index is 1.60. The van der Waals surface area contributed by atoms with Crippen LogP contribution in [0.3, 0.4) is 0 Å². The van der Waals surface area contributed by atoms with Crippen LogP contribution in [0.5, 0.6) is 0 Å². The number of allylic oxidation sites excluding steroid dienone is 3. The maximum atomic E-state index is 11.4. The molecule has 4 rings (SSSR count). The molecule has 6 unspecified atom stereocenters. The predicted octanol–water partition coefficient (Wildman–Crippen LogP) is 5.83. The molecule has 0 amide bonds. The van der Waals surface area contributed by atoms with E-state index >= 15 is 0 Å². The molecule has 0 N–H and O–H groups in total. The molecule has 0 spiro atoms. The molecule has 0 saturated heterocycles. The summed E-state index contributed by atoms with van der Waals surface area (Å²) in [4.78, 5) is 11.4. The normalized spacial score (nSPS) is 47.5. The average Bonchev–Trinajstić information content (AvgIpc) is 2.91. The van der Waals surface area contributed by atoms with Gasteiger partial charge in [-0.15, -0.1) is 0 Å². The van der Waals surface area contributed by atoms with E-state index in [0.29, 0.717) is 10.8 Å². The fraction of sp³-hybridized carbons (Fsp3) is 0.783. The van der Waals surface area contributed by atoms with Crippen molar-refractivity contribution in [3.8, 4) is 0 Å². The zero-order valence-corrected chi connectivity index (χ0v) is 16.4. The molecule has 0 radical (unpaired) electrons. The van der Waals surface area contributed by atoms with Gasteiger partial charge < -0.3 is 4.74 Å². The van der Waals surface area contributed by atoms with Crippen molar-refractivity contribution in [3.05, 3.63) is 23.3 Å². The summed E-state index contributed by atoms with van der Waals surface area (Å²) in [5, 5.41) is 0. The number of rotatable bonds is 1. The first-order chi connectivity index (χ1) is 11.9. The van der Waals surface area contributed by atoms with Crippen LogP contribution in [0, 0.1) is 28.6 Å². The molecule has 0 aromatic carbocycles. The van der Waals surface area contributed by atoms with Crippen molar-refractivity contribution in [1.82, 2.24) is 0 Å². The highest BCUT2D eigenvalue weighted by molar-refractivity contribution is 5.66. The molecule has 3 saturated carbocycles. The second kappa shape index (κ2) is 5.99. The first-order valence-corrected chi connectivity index (χ1v) is 10.4. The summed E-state index contributed by atoms with van der Waals surface area (Å²) in [5.41, 5.74) is 4.14. The van der Waals surface area contributed by atoms with Crippen molar-refractivity contribution >= 4 is 5.97 Å². The number of carbonyl (C=O) groups excluding carboxylic acids is 1. The lowest BCUT2D eigenvalue weighted by Crippen LogP contribution is -2.49. The van der Waals surface area contributed by atoms with E-state index in [1.165, 1.54) is 38.5 Å². The summed E-state index contributed by atoms with van der Waals surface area (Å²) in [6.45, 7) is 8.86. The van der Waals surface area contributed by atoms with E-state index in [1.807, 2.05) is 0 Å². The number of esters is 1. The van der Waals surface area contributed by atoms with Gasteiger partial charge in [-0.1, -0.05) is 37.1 Å². The van der Waals surface area contributed by atoms with Gasteiger partial charge in [0.1, 0.15) is 6.10 Å². The van der Waals surface area contributed by atoms with Crippen molar-refractivity contribution in [3.63, 3.8) is 0 Å². The molecule has 0 heterocycles. The van der Waals surface area contributed by atoms with Gasteiger partial charge in [-0.05, 0) is 80.5 Å². The largest absolute Gasteiger partial charge is 0.462 e. The highest BCUT2D eigenvalue weighted by atomic mass is 16.5. The molecule has 6 atom stereocenters. The fourth-order valence-electron chi connectivity index (χ4n) is 7.28. The van der Waals surface area contributed by atoms with Crippen LogP contribution >= 0.6 is 0 Å². The lowest BCUT2D eigenvalue weighted by atomic mass is 9.48. The van der Waals surface area contributed by atoms with Crippen molar-refractivity contribution < 1.29 is 9.53 Å². The fourth-order valence-corrected chi connectivity index (χ4v) is 7.28. The van der Waals surface area contributed by atoms with E-state index in [-0.39, 0.29) is 12.1 Å². The summed E-state index contributed by atoms with van der Waals surface area (Å²) >= 11 is 0. The van der Waals surface area contributed by atoms with Crippen LogP contribution in [0.4, 0.5) is 0 Å². The second-order valence-corrected chi connectivity index (χ2v) is 9.54. The summed E-state index contributed by atoms with van der Waals surface area (Å²) in [6.07, 6.45) is 15.0. The van der Waals surface area contributed by atoms with Gasteiger partial charge in [-0.3, -0.25) is 4.79 Å². The summed E-state index contributed by atoms with van der Waals surface area (Å²) < 4.78 is 5.55. The van der Waals surface area contributed by atoms with Crippen LogP contribution in [0.2, 0.25) is 0 Å². The maximum absolute atomic E-state index is 11.4. The molecule has 0 aliphatic heterocycles. The van der Waals surface area contributed by atoms with Crippen LogP contribution in [0.15, 0.2) is 23.3 Å². The molecule has 3 fully saturated rings. The Labute approximate surface area is 153 Å². The maximum Gasteiger partial charge on any atom is 0.302 e. The van der Waals surface area contributed by atoms with Gasteiger partial charge >= 0.3 is 5.97 Å². The Kier molecular flexibility index (Phi) is 4.16. The Morgan fingerprint density at radius 1 is 1.16 bits per heavy atom. The minimum Gasteiger partial charge on any atom is -0.462 e. The highest BCUT2D eigenvalue weighted by Crippen LogP contribution is 2.66. The van der Waals surface area contributed by atoms with Crippen LogP contribution in [-0.2, 0) is 9.53 Å². The zero-order chi connectivity index (χ0) is 17.8. The van der Waals surface area contributed by atoms with Crippen molar-refractivity contribution in [1.29, 1.82) is 0 Å². The van der Waals surface area contributed by atoms with E-state index < -0.39 is 0 Å². The number of carbonyl (C=O) groups is 1. The molecule has 4 aliphatic rings. The smallest absolute Gasteiger partial charge is 0.302 e. The summed E-state index contributed by atoms with van der Waals surface area (Å²) in [5.74, 6) is 2.44. The minimum absolute atomic E-state index is 0.114. The van der Waals surface area contributed by atoms with E-state index in [4.69, 9.17) is 4.74 Å². The van der Waals surface area contributed by atoms with E-state index in [1.54, 1.807) is 18.1 Å². The van der Waals surface area contributed by atoms with Gasteiger partial charge in [0.15, 0.2) is 0 Å². The molecule has 0 aromatic rings. The van der Waals surface area contributed by atoms with Gasteiger partial charge in [0.25, 0.3) is 0 Å². The monoisotopic (exact) mass is 342 g/mol. The van der Waals surface area contributed by atoms with Crippen molar-refractivity contribution in [2.45, 2.75) is 85.2 Å². The molecule has 2 heteroatoms. The highest BCUT2D eigenvalue weighted by Gasteiger charge is 2.57. The molecule has 0 bridgehead atoms. The third kappa shape index (κ3) is 2.54. The summed E-state index contributed by atoms with van der Waals surface area (Å²) in [7, 11) is 0. The third-order valence-electron chi connectivity index (χ3n) is 8.59. The third-order valence-corrected chi connectivity index (χ3v) is 8.59. The molecule has 4 aliphatic carbocycles. The number of ether oxygens (including phenoxy) is 1. The second-order valence-electron chi connectivity index (χ2n) is 9.54. The Hall–Kier alpha value is -1.05. The Morgan fingerprint density at radius 2 is 1.88 bits per heavy atom. The Bertz CT molecular complexity index is 630. The van der Waals surface area contributed by atoms with Crippen molar-refractivity contribution in [2.24, 2.45) is 28.6 Å². The standard InChI is InChI=1S/C23H34O2/c1-5-16-7-9-20-19-8-6-17-14-18(25-15(2)24)10-12-23(17,4)21(19)11-13-22(16,20)3/h5-6,18-21H,7-14H2,1-4H3/b16-5+. The van der Waals surface area contributed by atoms with E-state index in [9.17, 15) is 4.79 Å².